The Hall–Kier alpha value is -1.36. The zero-order chi connectivity index (χ0) is 14.8. The third-order valence-electron chi connectivity index (χ3n) is 4.81. The van der Waals surface area contributed by atoms with Gasteiger partial charge in [-0.2, -0.15) is 0 Å². The van der Waals surface area contributed by atoms with Crippen LogP contribution in [0.15, 0.2) is 17.5 Å². The average Bonchev–Trinajstić information content (AvgIpc) is 2.94. The number of amides is 2. The zero-order valence-corrected chi connectivity index (χ0v) is 13.3. The molecule has 2 aliphatic heterocycles. The number of nitrogens with zero attached hydrogens (tertiary/aromatic N) is 2. The molecule has 0 bridgehead atoms. The zero-order valence-electron chi connectivity index (χ0n) is 12.5. The SMILES string of the molecule is CN1C(=O)CCC[C@H]2CN(C(=O)Cc3cccs3)CC[C@H]21. The lowest BCUT2D eigenvalue weighted by molar-refractivity contribution is -0.136. The lowest BCUT2D eigenvalue weighted by Crippen LogP contribution is -2.52. The van der Waals surface area contributed by atoms with Gasteiger partial charge in [-0.3, -0.25) is 9.59 Å². The van der Waals surface area contributed by atoms with E-state index in [-0.39, 0.29) is 11.8 Å². The molecule has 1 aromatic rings. The maximum Gasteiger partial charge on any atom is 0.227 e. The van der Waals surface area contributed by atoms with Crippen LogP contribution in [0.3, 0.4) is 0 Å². The highest BCUT2D eigenvalue weighted by molar-refractivity contribution is 7.10. The number of fused-ring (bicyclic) bond motifs is 1. The van der Waals surface area contributed by atoms with Crippen LogP contribution in [0.2, 0.25) is 0 Å². The van der Waals surface area contributed by atoms with Crippen LogP contribution in [0.5, 0.6) is 0 Å². The van der Waals surface area contributed by atoms with Crippen LogP contribution in [-0.2, 0) is 16.0 Å². The standard InChI is InChI=1S/C16H22N2O2S/c1-17-14-7-8-18(11-12(14)4-2-6-15(17)19)16(20)10-13-5-3-9-21-13/h3,5,9,12,14H,2,4,6-8,10-11H2,1H3/t12-,14+/m0/s1. The summed E-state index contributed by atoms with van der Waals surface area (Å²) < 4.78 is 0. The van der Waals surface area contributed by atoms with Crippen LogP contribution in [0.25, 0.3) is 0 Å². The van der Waals surface area contributed by atoms with Crippen molar-refractivity contribution in [1.29, 1.82) is 0 Å². The van der Waals surface area contributed by atoms with Gasteiger partial charge in [-0.15, -0.1) is 11.3 Å². The highest BCUT2D eigenvalue weighted by Crippen LogP contribution is 2.30. The van der Waals surface area contributed by atoms with Gasteiger partial charge in [-0.25, -0.2) is 0 Å². The highest BCUT2D eigenvalue weighted by Gasteiger charge is 2.36. The van der Waals surface area contributed by atoms with Crippen LogP contribution < -0.4 is 0 Å². The molecule has 0 spiro atoms. The van der Waals surface area contributed by atoms with Crippen LogP contribution in [0.4, 0.5) is 0 Å². The number of thiophene rings is 1. The van der Waals surface area contributed by atoms with E-state index in [1.165, 1.54) is 0 Å². The van der Waals surface area contributed by atoms with Gasteiger partial charge in [-0.05, 0) is 36.6 Å². The molecule has 114 valence electrons. The lowest BCUT2D eigenvalue weighted by Gasteiger charge is -2.41. The average molecular weight is 306 g/mol. The molecule has 2 amide bonds. The first-order valence-electron chi connectivity index (χ1n) is 7.71. The smallest absolute Gasteiger partial charge is 0.227 e. The Morgan fingerprint density at radius 1 is 1.43 bits per heavy atom. The lowest BCUT2D eigenvalue weighted by atomic mass is 9.88. The van der Waals surface area contributed by atoms with Gasteiger partial charge >= 0.3 is 0 Å². The van der Waals surface area contributed by atoms with Crippen LogP contribution in [0, 0.1) is 5.92 Å². The van der Waals surface area contributed by atoms with E-state index in [0.29, 0.717) is 24.8 Å². The van der Waals surface area contributed by atoms with Crippen molar-refractivity contribution in [3.8, 4) is 0 Å². The maximum absolute atomic E-state index is 12.4. The predicted molar refractivity (Wildman–Crippen MR) is 83.1 cm³/mol. The van der Waals surface area contributed by atoms with Gasteiger partial charge in [-0.1, -0.05) is 6.07 Å². The quantitative estimate of drug-likeness (QED) is 0.840. The van der Waals surface area contributed by atoms with E-state index in [2.05, 4.69) is 0 Å². The summed E-state index contributed by atoms with van der Waals surface area (Å²) in [5, 5.41) is 2.01. The molecule has 0 saturated carbocycles. The second-order valence-electron chi connectivity index (χ2n) is 6.11. The van der Waals surface area contributed by atoms with Crippen molar-refractivity contribution in [2.24, 2.45) is 5.92 Å². The van der Waals surface area contributed by atoms with Crippen LogP contribution in [0.1, 0.15) is 30.6 Å². The van der Waals surface area contributed by atoms with Gasteiger partial charge in [0.05, 0.1) is 6.42 Å². The normalized spacial score (nSPS) is 26.4. The summed E-state index contributed by atoms with van der Waals surface area (Å²) >= 11 is 1.64. The molecule has 4 nitrogen and oxygen atoms in total. The Morgan fingerprint density at radius 3 is 3.05 bits per heavy atom. The first kappa shape index (κ1) is 14.6. The van der Waals surface area contributed by atoms with E-state index in [4.69, 9.17) is 0 Å². The molecule has 2 atom stereocenters. The molecule has 2 fully saturated rings. The molecule has 21 heavy (non-hydrogen) atoms. The van der Waals surface area contributed by atoms with Crippen molar-refractivity contribution in [2.75, 3.05) is 20.1 Å². The fraction of sp³-hybridized carbons (Fsp3) is 0.625. The van der Waals surface area contributed by atoms with E-state index in [9.17, 15) is 9.59 Å². The first-order chi connectivity index (χ1) is 10.1. The molecule has 0 aliphatic carbocycles. The van der Waals surface area contributed by atoms with Crippen LogP contribution in [-0.4, -0.2) is 47.8 Å². The minimum absolute atomic E-state index is 0.231. The molecule has 2 aliphatic rings. The number of hydrogen-bond acceptors (Lipinski definition) is 3. The van der Waals surface area contributed by atoms with Gasteiger partial charge in [0.25, 0.3) is 0 Å². The third kappa shape index (κ3) is 3.12. The molecule has 0 unspecified atom stereocenters. The molecule has 3 rings (SSSR count). The van der Waals surface area contributed by atoms with Gasteiger partial charge in [0.2, 0.25) is 11.8 Å². The van der Waals surface area contributed by atoms with Crippen molar-refractivity contribution < 1.29 is 9.59 Å². The first-order valence-corrected chi connectivity index (χ1v) is 8.59. The molecule has 0 aromatic carbocycles. The molecule has 5 heteroatoms. The summed E-state index contributed by atoms with van der Waals surface area (Å²) in [4.78, 5) is 29.4. The molecule has 2 saturated heterocycles. The second kappa shape index (κ2) is 6.18. The summed E-state index contributed by atoms with van der Waals surface area (Å²) in [5.74, 6) is 0.942. The monoisotopic (exact) mass is 306 g/mol. The number of piperidine rings is 1. The highest BCUT2D eigenvalue weighted by atomic mass is 32.1. The maximum atomic E-state index is 12.4. The Morgan fingerprint density at radius 2 is 2.29 bits per heavy atom. The van der Waals surface area contributed by atoms with E-state index in [1.807, 2.05) is 34.4 Å². The van der Waals surface area contributed by atoms with Crippen molar-refractivity contribution in [3.63, 3.8) is 0 Å². The number of hydrogen-bond donors (Lipinski definition) is 0. The number of rotatable bonds is 2. The minimum atomic E-state index is 0.231. The number of likely N-dealkylation sites (tertiary alicyclic amines) is 2. The summed E-state index contributed by atoms with van der Waals surface area (Å²) in [6.45, 7) is 1.59. The summed E-state index contributed by atoms with van der Waals surface area (Å²) in [6, 6.07) is 4.34. The van der Waals surface area contributed by atoms with E-state index >= 15 is 0 Å². The third-order valence-corrected chi connectivity index (χ3v) is 5.68. The largest absolute Gasteiger partial charge is 0.342 e. The minimum Gasteiger partial charge on any atom is -0.342 e. The summed E-state index contributed by atoms with van der Waals surface area (Å²) in [6.07, 6.45) is 4.11. The molecule has 1 aromatic heterocycles. The predicted octanol–water partition coefficient (Wildman–Crippen LogP) is 2.15. The molecule has 0 radical (unpaired) electrons. The fourth-order valence-electron chi connectivity index (χ4n) is 3.59. The Labute approximate surface area is 129 Å². The van der Waals surface area contributed by atoms with Gasteiger partial charge < -0.3 is 9.80 Å². The fourth-order valence-corrected chi connectivity index (χ4v) is 4.29. The van der Waals surface area contributed by atoms with Crippen molar-refractivity contribution in [3.05, 3.63) is 22.4 Å². The van der Waals surface area contributed by atoms with Crippen molar-refractivity contribution in [1.82, 2.24) is 9.80 Å². The second-order valence-corrected chi connectivity index (χ2v) is 7.14. The Balaban J connectivity index is 1.63. The number of carbonyl (C=O) groups is 2. The van der Waals surface area contributed by atoms with Crippen molar-refractivity contribution >= 4 is 23.2 Å². The Kier molecular flexibility index (Phi) is 4.29. The summed E-state index contributed by atoms with van der Waals surface area (Å²) in [7, 11) is 1.93. The molecule has 0 N–H and O–H groups in total. The molecular formula is C16H22N2O2S. The van der Waals surface area contributed by atoms with E-state index in [1.54, 1.807) is 11.3 Å². The van der Waals surface area contributed by atoms with E-state index in [0.717, 1.165) is 37.2 Å². The topological polar surface area (TPSA) is 40.6 Å². The van der Waals surface area contributed by atoms with Crippen molar-refractivity contribution in [2.45, 2.75) is 38.1 Å². The summed E-state index contributed by atoms with van der Waals surface area (Å²) in [5.41, 5.74) is 0. The van der Waals surface area contributed by atoms with Gasteiger partial charge in [0.1, 0.15) is 0 Å². The molecular weight excluding hydrogens is 284 g/mol. The van der Waals surface area contributed by atoms with Gasteiger partial charge in [0, 0.05) is 37.5 Å². The van der Waals surface area contributed by atoms with Gasteiger partial charge in [0.15, 0.2) is 0 Å². The Bertz CT molecular complexity index is 514. The number of carbonyl (C=O) groups excluding carboxylic acids is 2. The van der Waals surface area contributed by atoms with Crippen LogP contribution >= 0.6 is 11.3 Å². The molecule has 3 heterocycles. The van der Waals surface area contributed by atoms with E-state index < -0.39 is 0 Å².